The average Bonchev–Trinajstić information content (AvgIpc) is 3.32. The van der Waals surface area contributed by atoms with E-state index in [4.69, 9.17) is 35.9 Å². The normalized spacial score (nSPS) is 14.7. The van der Waals surface area contributed by atoms with Gasteiger partial charge in [-0.25, -0.2) is 9.48 Å². The molecule has 0 amide bonds. The van der Waals surface area contributed by atoms with Crippen molar-refractivity contribution in [1.29, 1.82) is 0 Å². The predicted octanol–water partition coefficient (Wildman–Crippen LogP) is 7.80. The molecule has 1 atom stereocenters. The number of benzene rings is 2. The Morgan fingerprint density at radius 3 is 2.73 bits per heavy atom. The highest BCUT2D eigenvalue weighted by Gasteiger charge is 2.36. The van der Waals surface area contributed by atoms with Gasteiger partial charge in [-0.1, -0.05) is 61.3 Å². The zero-order valence-electron chi connectivity index (χ0n) is 23.3. The first kappa shape index (κ1) is 30.3. The van der Waals surface area contributed by atoms with Gasteiger partial charge in [-0.05, 0) is 72.4 Å². The van der Waals surface area contributed by atoms with Gasteiger partial charge >= 0.3 is 5.97 Å². The summed E-state index contributed by atoms with van der Waals surface area (Å²) in [6, 6.07) is 10.9. The zero-order chi connectivity index (χ0) is 28.8. The minimum Gasteiger partial charge on any atom is -0.493 e. The standard InChI is InChI=1S/C29H34BrClN4O4S/c1-6-7-10-13-38-26-21(30)14-20(15-23(26)37-5)25-24(27(36)39-17(2)3)18(4)32-28-33-29(34-35(25)28)40-16-19-11-8-9-12-22(19)31/h8-9,11-12,14-15,17,25H,6-7,10,13,16H2,1-5H3,(H,32,33,34). The Bertz CT molecular complexity index is 1390. The van der Waals surface area contributed by atoms with Crippen LogP contribution in [0.5, 0.6) is 11.5 Å². The number of ether oxygens (including phenoxy) is 3. The number of hydrogen-bond acceptors (Lipinski definition) is 8. The Kier molecular flexibility index (Phi) is 10.4. The number of rotatable bonds is 12. The smallest absolute Gasteiger partial charge is 0.338 e. The maximum Gasteiger partial charge on any atom is 0.338 e. The van der Waals surface area contributed by atoms with Crippen LogP contribution in [0.1, 0.15) is 64.1 Å². The number of hydrogen-bond donors (Lipinski definition) is 1. The van der Waals surface area contributed by atoms with Crippen molar-refractivity contribution < 1.29 is 19.0 Å². The van der Waals surface area contributed by atoms with E-state index in [0.717, 1.165) is 34.9 Å². The van der Waals surface area contributed by atoms with Crippen LogP contribution in [0.25, 0.3) is 0 Å². The van der Waals surface area contributed by atoms with Gasteiger partial charge in [-0.2, -0.15) is 4.98 Å². The number of nitrogens with one attached hydrogen (secondary N) is 1. The molecule has 1 N–H and O–H groups in total. The minimum absolute atomic E-state index is 0.285. The number of halogens is 2. The number of aromatic nitrogens is 3. The lowest BCUT2D eigenvalue weighted by Gasteiger charge is -2.29. The molecule has 1 aromatic heterocycles. The molecule has 0 spiro atoms. The minimum atomic E-state index is -0.607. The van der Waals surface area contributed by atoms with Crippen LogP contribution in [0.2, 0.25) is 5.02 Å². The summed E-state index contributed by atoms with van der Waals surface area (Å²) >= 11 is 11.5. The molecule has 0 fully saturated rings. The van der Waals surface area contributed by atoms with E-state index in [9.17, 15) is 4.79 Å². The summed E-state index contributed by atoms with van der Waals surface area (Å²) in [5.74, 6) is 1.89. The van der Waals surface area contributed by atoms with Crippen molar-refractivity contribution >= 4 is 51.2 Å². The number of esters is 1. The fourth-order valence-electron chi connectivity index (χ4n) is 4.36. The molecule has 1 aliphatic rings. The Morgan fingerprint density at radius 2 is 2.02 bits per heavy atom. The van der Waals surface area contributed by atoms with E-state index in [2.05, 4.69) is 28.2 Å². The van der Waals surface area contributed by atoms with E-state index in [1.54, 1.807) is 11.8 Å². The first-order valence-electron chi connectivity index (χ1n) is 13.2. The van der Waals surface area contributed by atoms with Crippen LogP contribution < -0.4 is 14.8 Å². The molecule has 3 aromatic rings. The Morgan fingerprint density at radius 1 is 1.25 bits per heavy atom. The number of allylic oxidation sites excluding steroid dienone is 1. The first-order valence-corrected chi connectivity index (χ1v) is 15.4. The third-order valence-corrected chi connectivity index (χ3v) is 8.12. The van der Waals surface area contributed by atoms with Crippen molar-refractivity contribution in [2.75, 3.05) is 19.0 Å². The highest BCUT2D eigenvalue weighted by molar-refractivity contribution is 9.10. The van der Waals surface area contributed by atoms with Crippen molar-refractivity contribution in [3.63, 3.8) is 0 Å². The van der Waals surface area contributed by atoms with Gasteiger partial charge < -0.3 is 19.5 Å². The highest BCUT2D eigenvalue weighted by Crippen LogP contribution is 2.43. The van der Waals surface area contributed by atoms with Crippen LogP contribution >= 0.6 is 39.3 Å². The molecule has 0 saturated carbocycles. The number of anilines is 1. The van der Waals surface area contributed by atoms with Gasteiger partial charge in [-0.15, -0.1) is 5.10 Å². The molecule has 0 bridgehead atoms. The molecular weight excluding hydrogens is 616 g/mol. The second kappa shape index (κ2) is 13.8. The van der Waals surface area contributed by atoms with Crippen LogP contribution in [0, 0.1) is 0 Å². The number of methoxy groups -OCH3 is 1. The van der Waals surface area contributed by atoms with Gasteiger partial charge in [0.25, 0.3) is 0 Å². The molecule has 8 nitrogen and oxygen atoms in total. The first-order chi connectivity index (χ1) is 19.2. The van der Waals surface area contributed by atoms with Crippen LogP contribution in [-0.2, 0) is 15.3 Å². The SMILES string of the molecule is CCCCCOc1c(Br)cc(C2C(C(=O)OC(C)C)=C(C)Nc3nc(SCc4ccccc4Cl)nn32)cc1OC. The van der Waals surface area contributed by atoms with Crippen LogP contribution in [0.15, 0.2) is 57.3 Å². The monoisotopic (exact) mass is 648 g/mol. The van der Waals surface area contributed by atoms with Crippen molar-refractivity contribution in [2.24, 2.45) is 0 Å². The molecule has 2 heterocycles. The molecule has 0 aliphatic carbocycles. The van der Waals surface area contributed by atoms with Crippen LogP contribution in [0.3, 0.4) is 0 Å². The van der Waals surface area contributed by atoms with E-state index in [-0.39, 0.29) is 6.10 Å². The number of fused-ring (bicyclic) bond motifs is 1. The Labute approximate surface area is 252 Å². The van der Waals surface area contributed by atoms with Crippen LogP contribution in [-0.4, -0.2) is 40.6 Å². The van der Waals surface area contributed by atoms with E-state index in [1.165, 1.54) is 11.8 Å². The number of carbonyl (C=O) groups excluding carboxylic acids is 1. The van der Waals surface area contributed by atoms with Crippen molar-refractivity contribution in [3.05, 3.63) is 68.3 Å². The maximum absolute atomic E-state index is 13.4. The summed E-state index contributed by atoms with van der Waals surface area (Å²) < 4.78 is 19.9. The average molecular weight is 650 g/mol. The van der Waals surface area contributed by atoms with Crippen molar-refractivity contribution in [3.8, 4) is 11.5 Å². The van der Waals surface area contributed by atoms with E-state index in [1.807, 2.05) is 57.2 Å². The third kappa shape index (κ3) is 6.95. The number of thioether (sulfide) groups is 1. The second-order valence-electron chi connectivity index (χ2n) is 9.65. The lowest BCUT2D eigenvalue weighted by Crippen LogP contribution is -2.30. The second-order valence-corrected chi connectivity index (χ2v) is 11.9. The molecule has 214 valence electrons. The summed E-state index contributed by atoms with van der Waals surface area (Å²) in [6.45, 7) is 8.23. The summed E-state index contributed by atoms with van der Waals surface area (Å²) in [5, 5.41) is 9.31. The number of unbranched alkanes of at least 4 members (excludes halogenated alkanes) is 2. The summed E-state index contributed by atoms with van der Waals surface area (Å²) in [5.41, 5.74) is 2.85. The summed E-state index contributed by atoms with van der Waals surface area (Å²) in [7, 11) is 1.60. The summed E-state index contributed by atoms with van der Waals surface area (Å²) in [4.78, 5) is 18.1. The fraction of sp³-hybridized carbons (Fsp3) is 0.414. The molecule has 0 radical (unpaired) electrons. The van der Waals surface area contributed by atoms with E-state index >= 15 is 0 Å². The van der Waals surface area contributed by atoms with E-state index < -0.39 is 12.0 Å². The Hall–Kier alpha value is -2.69. The maximum atomic E-state index is 13.4. The topological polar surface area (TPSA) is 87.5 Å². The third-order valence-electron chi connectivity index (χ3n) is 6.27. The van der Waals surface area contributed by atoms with Crippen molar-refractivity contribution in [2.45, 2.75) is 70.0 Å². The number of nitrogens with zero attached hydrogens (tertiary/aromatic N) is 3. The molecule has 4 rings (SSSR count). The highest BCUT2D eigenvalue weighted by atomic mass is 79.9. The summed E-state index contributed by atoms with van der Waals surface area (Å²) in [6.07, 6.45) is 2.86. The van der Waals surface area contributed by atoms with Gasteiger partial charge in [0.05, 0.1) is 29.9 Å². The van der Waals surface area contributed by atoms with Gasteiger partial charge in [0, 0.05) is 16.5 Å². The fourth-order valence-corrected chi connectivity index (χ4v) is 6.05. The largest absolute Gasteiger partial charge is 0.493 e. The number of carbonyl (C=O) groups is 1. The molecule has 1 aliphatic heterocycles. The Balaban J connectivity index is 1.73. The molecular formula is C29H34BrClN4O4S. The lowest BCUT2D eigenvalue weighted by atomic mass is 9.95. The van der Waals surface area contributed by atoms with Crippen LogP contribution in [0.4, 0.5) is 5.95 Å². The van der Waals surface area contributed by atoms with Crippen molar-refractivity contribution in [1.82, 2.24) is 14.8 Å². The quantitative estimate of drug-likeness (QED) is 0.121. The molecule has 2 aromatic carbocycles. The van der Waals surface area contributed by atoms with Gasteiger partial charge in [0.2, 0.25) is 11.1 Å². The molecule has 0 saturated heterocycles. The van der Waals surface area contributed by atoms with Gasteiger partial charge in [0.1, 0.15) is 6.04 Å². The van der Waals surface area contributed by atoms with Gasteiger partial charge in [0.15, 0.2) is 11.5 Å². The molecule has 11 heteroatoms. The molecule has 40 heavy (non-hydrogen) atoms. The lowest BCUT2D eigenvalue weighted by molar-refractivity contribution is -0.143. The zero-order valence-corrected chi connectivity index (χ0v) is 26.5. The molecule has 1 unspecified atom stereocenters. The van der Waals surface area contributed by atoms with E-state index in [0.29, 0.717) is 51.3 Å². The van der Waals surface area contributed by atoms with Gasteiger partial charge in [-0.3, -0.25) is 0 Å². The predicted molar refractivity (Wildman–Crippen MR) is 162 cm³/mol.